The van der Waals surface area contributed by atoms with Gasteiger partial charge in [-0.15, -0.1) is 5.10 Å². The molecule has 0 N–H and O–H groups in total. The number of carbonyl (C=O) groups is 2. The van der Waals surface area contributed by atoms with E-state index in [-0.39, 0.29) is 23.4 Å². The van der Waals surface area contributed by atoms with E-state index in [0.717, 1.165) is 23.1 Å². The third-order valence-corrected chi connectivity index (χ3v) is 8.67. The van der Waals surface area contributed by atoms with Gasteiger partial charge in [-0.05, 0) is 48.9 Å². The van der Waals surface area contributed by atoms with Gasteiger partial charge < -0.3 is 9.69 Å². The first-order valence-corrected chi connectivity index (χ1v) is 13.7. The van der Waals surface area contributed by atoms with Crippen molar-refractivity contribution >= 4 is 22.2 Å². The number of aromatic nitrogens is 3. The van der Waals surface area contributed by atoms with Crippen molar-refractivity contribution in [1.82, 2.24) is 24.2 Å². The number of rotatable bonds is 7. The average Bonchev–Trinajstić information content (AvgIpc) is 3.44. The first-order valence-electron chi connectivity index (χ1n) is 12.3. The number of sulfonamides is 1. The maximum absolute atomic E-state index is 13.4. The van der Waals surface area contributed by atoms with E-state index in [1.165, 1.54) is 4.31 Å². The third kappa shape index (κ3) is 5.13. The van der Waals surface area contributed by atoms with Crippen LogP contribution in [0.25, 0.3) is 16.9 Å². The Bertz CT molecular complexity index is 1530. The summed E-state index contributed by atoms with van der Waals surface area (Å²) in [7, 11) is -3.74. The molecule has 1 atom stereocenters. The number of hydrogen-bond donors (Lipinski definition) is 0. The Hall–Kier alpha value is -4.15. The van der Waals surface area contributed by atoms with Crippen LogP contribution >= 0.6 is 0 Å². The van der Waals surface area contributed by atoms with Gasteiger partial charge in [0, 0.05) is 43.2 Å². The molecule has 1 saturated heterocycles. The fourth-order valence-corrected chi connectivity index (χ4v) is 6.20. The first-order chi connectivity index (χ1) is 18.4. The van der Waals surface area contributed by atoms with Crippen LogP contribution in [0.15, 0.2) is 90.0 Å². The normalized spacial score (nSPS) is 16.3. The highest BCUT2D eigenvalue weighted by Crippen LogP contribution is 2.25. The van der Waals surface area contributed by atoms with Gasteiger partial charge >= 0.3 is 0 Å². The molecule has 1 aromatic heterocycles. The Morgan fingerprint density at radius 1 is 0.974 bits per heavy atom. The standard InChI is InChI=1S/C28H27N5O4S/c1-21-19-31(28(35)24-5-3-2-4-6-24)16-17-33(21)38(36,37)26-13-9-23(10-14-26)27-20-32(30-29-27)25-11-7-22(8-12-25)15-18-34/h2-14,18,20-21H,15-17,19H2,1H3/t21-/m1/s1. The smallest absolute Gasteiger partial charge is 0.253 e. The molecule has 0 unspecified atom stereocenters. The molecule has 0 bridgehead atoms. The molecular formula is C28H27N5O4S. The Morgan fingerprint density at radius 3 is 2.34 bits per heavy atom. The number of hydrogen-bond acceptors (Lipinski definition) is 6. The zero-order valence-corrected chi connectivity index (χ0v) is 21.7. The summed E-state index contributed by atoms with van der Waals surface area (Å²) in [5.41, 5.74) is 3.65. The number of piperazine rings is 1. The van der Waals surface area contributed by atoms with E-state index in [9.17, 15) is 18.0 Å². The van der Waals surface area contributed by atoms with E-state index in [1.807, 2.05) is 49.4 Å². The van der Waals surface area contributed by atoms with E-state index in [2.05, 4.69) is 10.3 Å². The van der Waals surface area contributed by atoms with Crippen molar-refractivity contribution in [1.29, 1.82) is 0 Å². The zero-order valence-electron chi connectivity index (χ0n) is 20.8. The van der Waals surface area contributed by atoms with Gasteiger partial charge in [-0.25, -0.2) is 13.1 Å². The fourth-order valence-electron chi connectivity index (χ4n) is 4.58. The largest absolute Gasteiger partial charge is 0.336 e. The summed E-state index contributed by atoms with van der Waals surface area (Å²) in [5.74, 6) is -0.0937. The SMILES string of the molecule is C[C@@H]1CN(C(=O)c2ccccc2)CCN1S(=O)(=O)c1ccc(-c2cn(-c3ccc(CC=O)cc3)nn2)cc1. The van der Waals surface area contributed by atoms with E-state index in [0.29, 0.717) is 30.8 Å². The van der Waals surface area contributed by atoms with Gasteiger partial charge in [0.2, 0.25) is 10.0 Å². The predicted octanol–water partition coefficient (Wildman–Crippen LogP) is 3.21. The average molecular weight is 530 g/mol. The van der Waals surface area contributed by atoms with Crippen LogP contribution in [0.1, 0.15) is 22.8 Å². The third-order valence-electron chi connectivity index (χ3n) is 6.64. The second-order valence-corrected chi connectivity index (χ2v) is 11.1. The molecule has 1 amide bonds. The molecule has 0 radical (unpaired) electrons. The maximum Gasteiger partial charge on any atom is 0.253 e. The number of aldehydes is 1. The Morgan fingerprint density at radius 2 is 1.68 bits per heavy atom. The second-order valence-electron chi connectivity index (χ2n) is 9.19. The van der Waals surface area contributed by atoms with Crippen LogP contribution in [0.2, 0.25) is 0 Å². The molecule has 9 nitrogen and oxygen atoms in total. The summed E-state index contributed by atoms with van der Waals surface area (Å²) >= 11 is 0. The van der Waals surface area contributed by atoms with Crippen LogP contribution in [0.4, 0.5) is 0 Å². The number of nitrogens with zero attached hydrogens (tertiary/aromatic N) is 5. The monoisotopic (exact) mass is 529 g/mol. The van der Waals surface area contributed by atoms with Crippen LogP contribution in [0.5, 0.6) is 0 Å². The molecule has 0 spiro atoms. The van der Waals surface area contributed by atoms with E-state index in [4.69, 9.17) is 0 Å². The molecule has 0 saturated carbocycles. The van der Waals surface area contributed by atoms with Crippen molar-refractivity contribution in [2.24, 2.45) is 0 Å². The maximum atomic E-state index is 13.4. The van der Waals surface area contributed by atoms with Crippen LogP contribution in [0, 0.1) is 0 Å². The molecule has 1 aliphatic rings. The van der Waals surface area contributed by atoms with Crippen LogP contribution in [-0.4, -0.2) is 70.5 Å². The van der Waals surface area contributed by atoms with E-state index < -0.39 is 10.0 Å². The minimum atomic E-state index is -3.74. The van der Waals surface area contributed by atoms with Crippen LogP contribution in [-0.2, 0) is 21.2 Å². The van der Waals surface area contributed by atoms with E-state index in [1.54, 1.807) is 52.2 Å². The van der Waals surface area contributed by atoms with Gasteiger partial charge in [0.1, 0.15) is 12.0 Å². The molecule has 194 valence electrons. The quantitative estimate of drug-likeness (QED) is 0.341. The molecule has 4 aromatic rings. The van der Waals surface area contributed by atoms with Crippen LogP contribution < -0.4 is 0 Å². The fraction of sp³-hybridized carbons (Fsp3) is 0.214. The Kier molecular flexibility index (Phi) is 7.17. The molecule has 1 fully saturated rings. The lowest BCUT2D eigenvalue weighted by Gasteiger charge is -2.39. The van der Waals surface area contributed by atoms with Crippen molar-refractivity contribution in [2.75, 3.05) is 19.6 Å². The Labute approximate surface area is 221 Å². The van der Waals surface area contributed by atoms with Gasteiger partial charge in [-0.3, -0.25) is 4.79 Å². The lowest BCUT2D eigenvalue weighted by Crippen LogP contribution is -2.55. The summed E-state index contributed by atoms with van der Waals surface area (Å²) in [5, 5.41) is 8.40. The highest BCUT2D eigenvalue weighted by Gasteiger charge is 2.35. The van der Waals surface area contributed by atoms with Crippen molar-refractivity contribution in [3.63, 3.8) is 0 Å². The van der Waals surface area contributed by atoms with E-state index >= 15 is 0 Å². The lowest BCUT2D eigenvalue weighted by molar-refractivity contribution is -0.107. The summed E-state index contributed by atoms with van der Waals surface area (Å²) in [4.78, 5) is 25.4. The number of carbonyl (C=O) groups excluding carboxylic acids is 2. The van der Waals surface area contributed by atoms with Gasteiger partial charge in [0.25, 0.3) is 5.91 Å². The van der Waals surface area contributed by atoms with Crippen molar-refractivity contribution in [3.05, 3.63) is 96.2 Å². The molecule has 5 rings (SSSR count). The van der Waals surface area contributed by atoms with Gasteiger partial charge in [0.15, 0.2) is 0 Å². The lowest BCUT2D eigenvalue weighted by atomic mass is 10.1. The predicted molar refractivity (Wildman–Crippen MR) is 142 cm³/mol. The van der Waals surface area contributed by atoms with Crippen molar-refractivity contribution < 1.29 is 18.0 Å². The Balaban J connectivity index is 1.28. The topological polar surface area (TPSA) is 105 Å². The second kappa shape index (κ2) is 10.7. The number of amides is 1. The molecule has 2 heterocycles. The molecule has 0 aliphatic carbocycles. The zero-order chi connectivity index (χ0) is 26.7. The number of benzene rings is 3. The minimum Gasteiger partial charge on any atom is -0.336 e. The molecule has 38 heavy (non-hydrogen) atoms. The minimum absolute atomic E-state index is 0.0937. The van der Waals surface area contributed by atoms with Gasteiger partial charge in [-0.2, -0.15) is 4.31 Å². The van der Waals surface area contributed by atoms with Gasteiger partial charge in [0.05, 0.1) is 16.8 Å². The van der Waals surface area contributed by atoms with Crippen molar-refractivity contribution in [2.45, 2.75) is 24.3 Å². The van der Waals surface area contributed by atoms with Crippen LogP contribution in [0.3, 0.4) is 0 Å². The van der Waals surface area contributed by atoms with Crippen molar-refractivity contribution in [3.8, 4) is 16.9 Å². The summed E-state index contributed by atoms with van der Waals surface area (Å²) in [6, 6.07) is 22.7. The summed E-state index contributed by atoms with van der Waals surface area (Å²) in [6.07, 6.45) is 2.99. The molecule has 1 aliphatic heterocycles. The van der Waals surface area contributed by atoms with Gasteiger partial charge in [-0.1, -0.05) is 47.7 Å². The highest BCUT2D eigenvalue weighted by atomic mass is 32.2. The molecular weight excluding hydrogens is 502 g/mol. The summed E-state index contributed by atoms with van der Waals surface area (Å²) < 4.78 is 29.9. The summed E-state index contributed by atoms with van der Waals surface area (Å²) in [6.45, 7) is 2.70. The molecule has 10 heteroatoms. The highest BCUT2D eigenvalue weighted by molar-refractivity contribution is 7.89. The first kappa shape index (κ1) is 25.5. The molecule has 3 aromatic carbocycles.